The molecule has 0 saturated carbocycles. The zero-order valence-corrected chi connectivity index (χ0v) is 10.9. The molecule has 0 atom stereocenters. The Balaban J connectivity index is 1.76. The molecular weight excluding hydrogens is 228 g/mol. The summed E-state index contributed by atoms with van der Waals surface area (Å²) >= 11 is 0. The normalized spacial score (nSPS) is 15.6. The molecule has 1 fully saturated rings. The van der Waals surface area contributed by atoms with Crippen molar-refractivity contribution in [2.75, 3.05) is 33.3 Å². The summed E-state index contributed by atoms with van der Waals surface area (Å²) in [6.07, 6.45) is 2.64. The van der Waals surface area contributed by atoms with E-state index in [1.54, 1.807) is 36.3 Å². The number of rotatable bonds is 5. The van der Waals surface area contributed by atoms with Gasteiger partial charge in [0.15, 0.2) is 0 Å². The zero-order chi connectivity index (χ0) is 12.8. The SMILES string of the molecule is COc1ccc(C(=O)NCC[NH+]2CCCC2)cc1. The molecule has 1 aliphatic rings. The number of hydrogen-bond donors (Lipinski definition) is 2. The molecule has 1 aromatic carbocycles. The first-order valence-electron chi connectivity index (χ1n) is 6.55. The van der Waals surface area contributed by atoms with Crippen LogP contribution in [0.4, 0.5) is 0 Å². The maximum atomic E-state index is 11.9. The topological polar surface area (TPSA) is 42.8 Å². The quantitative estimate of drug-likeness (QED) is 0.777. The Morgan fingerprint density at radius 3 is 2.56 bits per heavy atom. The predicted octanol–water partition coefficient (Wildman–Crippen LogP) is 0.104. The fourth-order valence-electron chi connectivity index (χ4n) is 2.32. The Kier molecular flexibility index (Phi) is 4.59. The van der Waals surface area contributed by atoms with Crippen molar-refractivity contribution in [3.8, 4) is 5.75 Å². The van der Waals surface area contributed by atoms with Gasteiger partial charge >= 0.3 is 0 Å². The summed E-state index contributed by atoms with van der Waals surface area (Å²) in [5, 5.41) is 2.96. The number of quaternary nitrogens is 1. The van der Waals surface area contributed by atoms with Crippen molar-refractivity contribution < 1.29 is 14.4 Å². The number of amides is 1. The molecule has 0 spiro atoms. The molecular formula is C14H21N2O2+. The van der Waals surface area contributed by atoms with Gasteiger partial charge in [-0.25, -0.2) is 0 Å². The Labute approximate surface area is 108 Å². The molecule has 1 aliphatic heterocycles. The van der Waals surface area contributed by atoms with Gasteiger partial charge < -0.3 is 15.0 Å². The fraction of sp³-hybridized carbons (Fsp3) is 0.500. The molecule has 4 heteroatoms. The summed E-state index contributed by atoms with van der Waals surface area (Å²) in [5.74, 6) is 0.768. The number of methoxy groups -OCH3 is 1. The Morgan fingerprint density at radius 1 is 1.28 bits per heavy atom. The zero-order valence-electron chi connectivity index (χ0n) is 10.9. The summed E-state index contributed by atoms with van der Waals surface area (Å²) < 4.78 is 5.06. The van der Waals surface area contributed by atoms with Crippen molar-refractivity contribution in [2.24, 2.45) is 0 Å². The highest BCUT2D eigenvalue weighted by Gasteiger charge is 2.14. The number of carbonyl (C=O) groups is 1. The second-order valence-electron chi connectivity index (χ2n) is 4.69. The Bertz CT molecular complexity index is 383. The van der Waals surface area contributed by atoms with Gasteiger partial charge in [-0.15, -0.1) is 0 Å². The van der Waals surface area contributed by atoms with Crippen molar-refractivity contribution in [1.29, 1.82) is 0 Å². The van der Waals surface area contributed by atoms with E-state index in [9.17, 15) is 4.79 Å². The van der Waals surface area contributed by atoms with Gasteiger partial charge in [0.2, 0.25) is 0 Å². The molecule has 1 heterocycles. The van der Waals surface area contributed by atoms with Crippen LogP contribution in [0.5, 0.6) is 5.75 Å². The average Bonchev–Trinajstić information content (AvgIpc) is 2.92. The van der Waals surface area contributed by atoms with Gasteiger partial charge in [-0.05, 0) is 24.3 Å². The number of likely N-dealkylation sites (tertiary alicyclic amines) is 1. The molecule has 0 unspecified atom stereocenters. The van der Waals surface area contributed by atoms with E-state index in [0.29, 0.717) is 5.56 Å². The van der Waals surface area contributed by atoms with Crippen LogP contribution in [-0.4, -0.2) is 39.2 Å². The fourth-order valence-corrected chi connectivity index (χ4v) is 2.32. The van der Waals surface area contributed by atoms with Gasteiger partial charge in [-0.3, -0.25) is 4.79 Å². The second-order valence-corrected chi connectivity index (χ2v) is 4.69. The molecule has 0 aliphatic carbocycles. The van der Waals surface area contributed by atoms with Crippen LogP contribution in [0, 0.1) is 0 Å². The third-order valence-electron chi connectivity index (χ3n) is 3.43. The van der Waals surface area contributed by atoms with Crippen molar-refractivity contribution >= 4 is 5.91 Å². The van der Waals surface area contributed by atoms with Crippen LogP contribution in [0.2, 0.25) is 0 Å². The highest BCUT2D eigenvalue weighted by molar-refractivity contribution is 5.94. The number of ether oxygens (including phenoxy) is 1. The van der Waals surface area contributed by atoms with E-state index >= 15 is 0 Å². The molecule has 98 valence electrons. The van der Waals surface area contributed by atoms with E-state index in [0.717, 1.165) is 18.8 Å². The number of nitrogens with one attached hydrogen (secondary N) is 2. The molecule has 1 aromatic rings. The average molecular weight is 249 g/mol. The lowest BCUT2D eigenvalue weighted by molar-refractivity contribution is -0.886. The summed E-state index contributed by atoms with van der Waals surface area (Å²) in [6, 6.07) is 7.19. The smallest absolute Gasteiger partial charge is 0.251 e. The van der Waals surface area contributed by atoms with E-state index in [-0.39, 0.29) is 5.91 Å². The predicted molar refractivity (Wildman–Crippen MR) is 70.1 cm³/mol. The van der Waals surface area contributed by atoms with Crippen molar-refractivity contribution in [2.45, 2.75) is 12.8 Å². The molecule has 1 amide bonds. The summed E-state index contributed by atoms with van der Waals surface area (Å²) in [5.41, 5.74) is 0.687. The first kappa shape index (κ1) is 12.9. The van der Waals surface area contributed by atoms with Crippen molar-refractivity contribution in [3.05, 3.63) is 29.8 Å². The molecule has 0 aromatic heterocycles. The van der Waals surface area contributed by atoms with E-state index in [2.05, 4.69) is 5.32 Å². The monoisotopic (exact) mass is 249 g/mol. The minimum Gasteiger partial charge on any atom is -0.497 e. The van der Waals surface area contributed by atoms with Crippen LogP contribution >= 0.6 is 0 Å². The van der Waals surface area contributed by atoms with Gasteiger partial charge in [0.1, 0.15) is 5.75 Å². The molecule has 0 bridgehead atoms. The number of hydrogen-bond acceptors (Lipinski definition) is 2. The van der Waals surface area contributed by atoms with Crippen LogP contribution in [0.3, 0.4) is 0 Å². The van der Waals surface area contributed by atoms with Gasteiger partial charge in [-0.2, -0.15) is 0 Å². The van der Waals surface area contributed by atoms with Crippen LogP contribution in [0.1, 0.15) is 23.2 Å². The van der Waals surface area contributed by atoms with Gasteiger partial charge in [-0.1, -0.05) is 0 Å². The standard InChI is InChI=1S/C14H20N2O2/c1-18-13-6-4-12(5-7-13)14(17)15-8-11-16-9-2-3-10-16/h4-7H,2-3,8-11H2,1H3,(H,15,17)/p+1. The lowest BCUT2D eigenvalue weighted by Gasteiger charge is -2.12. The molecule has 1 saturated heterocycles. The first-order chi connectivity index (χ1) is 8.79. The summed E-state index contributed by atoms with van der Waals surface area (Å²) in [6.45, 7) is 4.28. The lowest BCUT2D eigenvalue weighted by atomic mass is 10.2. The number of benzene rings is 1. The van der Waals surface area contributed by atoms with E-state index < -0.39 is 0 Å². The Hall–Kier alpha value is -1.55. The van der Waals surface area contributed by atoms with E-state index in [4.69, 9.17) is 4.74 Å². The third-order valence-corrected chi connectivity index (χ3v) is 3.43. The molecule has 18 heavy (non-hydrogen) atoms. The maximum absolute atomic E-state index is 11.9. The molecule has 4 nitrogen and oxygen atoms in total. The van der Waals surface area contributed by atoms with E-state index in [1.165, 1.54) is 25.9 Å². The molecule has 2 N–H and O–H groups in total. The van der Waals surface area contributed by atoms with Crippen LogP contribution in [0.25, 0.3) is 0 Å². The van der Waals surface area contributed by atoms with Crippen LogP contribution < -0.4 is 15.0 Å². The van der Waals surface area contributed by atoms with Crippen LogP contribution in [-0.2, 0) is 0 Å². The second kappa shape index (κ2) is 6.40. The minimum absolute atomic E-state index is 0.00347. The highest BCUT2D eigenvalue weighted by atomic mass is 16.5. The summed E-state index contributed by atoms with van der Waals surface area (Å²) in [4.78, 5) is 13.5. The molecule has 0 radical (unpaired) electrons. The van der Waals surface area contributed by atoms with Gasteiger partial charge in [0, 0.05) is 18.4 Å². The first-order valence-corrected chi connectivity index (χ1v) is 6.55. The van der Waals surface area contributed by atoms with Crippen LogP contribution in [0.15, 0.2) is 24.3 Å². The van der Waals surface area contributed by atoms with Gasteiger partial charge in [0.05, 0.1) is 33.3 Å². The minimum atomic E-state index is -0.00347. The largest absolute Gasteiger partial charge is 0.497 e. The number of carbonyl (C=O) groups excluding carboxylic acids is 1. The van der Waals surface area contributed by atoms with Crippen molar-refractivity contribution in [1.82, 2.24) is 5.32 Å². The molecule has 2 rings (SSSR count). The van der Waals surface area contributed by atoms with Crippen molar-refractivity contribution in [3.63, 3.8) is 0 Å². The Morgan fingerprint density at radius 2 is 1.94 bits per heavy atom. The van der Waals surface area contributed by atoms with E-state index in [1.807, 2.05) is 0 Å². The summed E-state index contributed by atoms with van der Waals surface area (Å²) in [7, 11) is 1.62. The van der Waals surface area contributed by atoms with Gasteiger partial charge in [0.25, 0.3) is 5.91 Å². The third kappa shape index (κ3) is 3.47. The lowest BCUT2D eigenvalue weighted by Crippen LogP contribution is -3.10. The highest BCUT2D eigenvalue weighted by Crippen LogP contribution is 2.10. The maximum Gasteiger partial charge on any atom is 0.251 e.